The number of allylic oxidation sites excluding steroid dienone is 1. The zero-order valence-electron chi connectivity index (χ0n) is 18.5. The van der Waals surface area contributed by atoms with Gasteiger partial charge in [0.05, 0.1) is 48.8 Å². The summed E-state index contributed by atoms with van der Waals surface area (Å²) < 4.78 is 10.2. The van der Waals surface area contributed by atoms with Gasteiger partial charge in [0.25, 0.3) is 0 Å². The smallest absolute Gasteiger partial charge is 0.333 e. The molecule has 1 saturated heterocycles. The number of Topliss-reactive ketones (excluding diaryl/α,β-unsaturated/α-hetero) is 1. The second-order valence-electron chi connectivity index (χ2n) is 8.75. The maximum Gasteiger partial charge on any atom is 0.333 e. The predicted molar refractivity (Wildman–Crippen MR) is 117 cm³/mol. The number of urea groups is 1. The van der Waals surface area contributed by atoms with E-state index in [9.17, 15) is 14.4 Å². The summed E-state index contributed by atoms with van der Waals surface area (Å²) >= 11 is 0. The van der Waals surface area contributed by atoms with E-state index in [-0.39, 0.29) is 23.6 Å². The Morgan fingerprint density at radius 2 is 1.91 bits per heavy atom. The average Bonchev–Trinajstić information content (AvgIpc) is 3.40. The van der Waals surface area contributed by atoms with Crippen molar-refractivity contribution in [3.63, 3.8) is 0 Å². The first-order chi connectivity index (χ1) is 16.1. The van der Waals surface area contributed by atoms with E-state index in [4.69, 9.17) is 9.47 Å². The Morgan fingerprint density at radius 3 is 2.64 bits per heavy atom. The fourth-order valence-corrected chi connectivity index (χ4v) is 5.16. The molecule has 2 amide bonds. The highest BCUT2D eigenvalue weighted by Crippen LogP contribution is 2.50. The van der Waals surface area contributed by atoms with Crippen LogP contribution in [0.2, 0.25) is 0 Å². The van der Waals surface area contributed by atoms with Crippen molar-refractivity contribution in [3.05, 3.63) is 40.6 Å². The van der Waals surface area contributed by atoms with E-state index in [2.05, 4.69) is 21.0 Å². The van der Waals surface area contributed by atoms with Crippen molar-refractivity contribution in [2.24, 2.45) is 22.1 Å². The number of ether oxygens (including phenoxy) is 2. The van der Waals surface area contributed by atoms with Crippen LogP contribution in [0.1, 0.15) is 47.6 Å². The molecule has 33 heavy (non-hydrogen) atoms. The molecule has 2 aliphatic carbocycles. The van der Waals surface area contributed by atoms with Crippen molar-refractivity contribution in [3.8, 4) is 0 Å². The summed E-state index contributed by atoms with van der Waals surface area (Å²) in [5.41, 5.74) is 5.85. The minimum Gasteiger partial charge on any atom is -0.469 e. The molecule has 2 fully saturated rings. The molecule has 1 atom stereocenters. The number of morpholine rings is 1. The number of rotatable bonds is 4. The summed E-state index contributed by atoms with van der Waals surface area (Å²) in [4.78, 5) is 37.9. The van der Waals surface area contributed by atoms with Crippen molar-refractivity contribution in [1.82, 2.24) is 10.4 Å². The topological polar surface area (TPSA) is 122 Å². The van der Waals surface area contributed by atoms with Crippen LogP contribution in [0.3, 0.4) is 0 Å². The normalized spacial score (nSPS) is 26.7. The number of azo groups is 1. The van der Waals surface area contributed by atoms with Gasteiger partial charge >= 0.3 is 12.0 Å². The molecular weight excluding hydrogens is 426 g/mol. The maximum atomic E-state index is 13.5. The van der Waals surface area contributed by atoms with Gasteiger partial charge in [-0.1, -0.05) is 12.1 Å². The highest BCUT2D eigenvalue weighted by molar-refractivity contribution is 6.19. The molecule has 10 heteroatoms. The van der Waals surface area contributed by atoms with Crippen LogP contribution < -0.4 is 10.7 Å². The van der Waals surface area contributed by atoms with Crippen molar-refractivity contribution in [1.29, 1.82) is 0 Å². The summed E-state index contributed by atoms with van der Waals surface area (Å²) in [6.45, 7) is 2.33. The largest absolute Gasteiger partial charge is 0.469 e. The maximum absolute atomic E-state index is 13.5. The van der Waals surface area contributed by atoms with E-state index in [1.807, 2.05) is 12.1 Å². The lowest BCUT2D eigenvalue weighted by atomic mass is 9.79. The van der Waals surface area contributed by atoms with Gasteiger partial charge in [0.1, 0.15) is 6.04 Å². The van der Waals surface area contributed by atoms with Crippen molar-refractivity contribution < 1.29 is 23.9 Å². The van der Waals surface area contributed by atoms with Gasteiger partial charge in [-0.15, -0.1) is 0 Å². The number of nitrogens with one attached hydrogen (secondary N) is 2. The average molecular weight is 453 g/mol. The van der Waals surface area contributed by atoms with Crippen LogP contribution >= 0.6 is 0 Å². The highest BCUT2D eigenvalue weighted by atomic mass is 16.5. The third-order valence-electron chi connectivity index (χ3n) is 6.86. The number of hydrogen-bond acceptors (Lipinski definition) is 8. The Bertz CT molecular complexity index is 1040. The third kappa shape index (κ3) is 4.04. The van der Waals surface area contributed by atoms with Crippen LogP contribution in [-0.4, -0.2) is 56.2 Å². The minimum absolute atomic E-state index is 0.0916. The van der Waals surface area contributed by atoms with Gasteiger partial charge in [0.2, 0.25) is 0 Å². The summed E-state index contributed by atoms with van der Waals surface area (Å²) in [6.07, 6.45) is 2.95. The number of methoxy groups -OCH3 is 1. The second kappa shape index (κ2) is 9.03. The van der Waals surface area contributed by atoms with Gasteiger partial charge in [0, 0.05) is 19.0 Å². The minimum atomic E-state index is -0.426. The van der Waals surface area contributed by atoms with E-state index in [0.29, 0.717) is 56.0 Å². The molecule has 1 saturated carbocycles. The van der Waals surface area contributed by atoms with Crippen LogP contribution in [0.4, 0.5) is 10.5 Å². The number of ketones is 1. The molecule has 5 rings (SSSR count). The lowest BCUT2D eigenvalue weighted by Crippen LogP contribution is -2.49. The molecule has 1 unspecified atom stereocenters. The first kappa shape index (κ1) is 21.7. The zero-order valence-corrected chi connectivity index (χ0v) is 18.5. The molecule has 174 valence electrons. The number of esters is 1. The van der Waals surface area contributed by atoms with Gasteiger partial charge < -0.3 is 14.8 Å². The second-order valence-corrected chi connectivity index (χ2v) is 8.75. The molecular formula is C23H27N5O5. The number of amides is 2. The third-order valence-corrected chi connectivity index (χ3v) is 6.86. The molecule has 0 radical (unpaired) electrons. The number of carbonyl (C=O) groups excluding carboxylic acids is 3. The quantitative estimate of drug-likeness (QED) is 0.676. The summed E-state index contributed by atoms with van der Waals surface area (Å²) in [6, 6.07) is 4.59. The Balaban J connectivity index is 1.33. The first-order valence-electron chi connectivity index (χ1n) is 11.4. The Morgan fingerprint density at radius 1 is 1.15 bits per heavy atom. The number of benzene rings is 1. The van der Waals surface area contributed by atoms with Crippen LogP contribution in [0.25, 0.3) is 0 Å². The lowest BCUT2D eigenvalue weighted by Gasteiger charge is -2.27. The molecule has 1 aromatic rings. The molecule has 0 spiro atoms. The SMILES string of the molecule is COC(=O)C1CCC(C2=C3C(=O)c4c(NC(=O)NN5CCOCC5)cccc4C3N=N2)CC1. The molecule has 4 aliphatic rings. The molecule has 0 bridgehead atoms. The number of anilines is 1. The summed E-state index contributed by atoms with van der Waals surface area (Å²) in [5, 5.41) is 13.4. The van der Waals surface area contributed by atoms with Crippen LogP contribution in [0, 0.1) is 11.8 Å². The van der Waals surface area contributed by atoms with Crippen molar-refractivity contribution in [2.45, 2.75) is 31.7 Å². The Labute approximate surface area is 191 Å². The van der Waals surface area contributed by atoms with E-state index < -0.39 is 12.1 Å². The molecule has 2 N–H and O–H groups in total. The molecule has 2 aliphatic heterocycles. The first-order valence-corrected chi connectivity index (χ1v) is 11.4. The van der Waals surface area contributed by atoms with Crippen LogP contribution in [0.5, 0.6) is 0 Å². The van der Waals surface area contributed by atoms with Crippen molar-refractivity contribution in [2.75, 3.05) is 38.7 Å². The van der Waals surface area contributed by atoms with E-state index in [1.165, 1.54) is 7.11 Å². The number of nitrogens with zero attached hydrogens (tertiary/aromatic N) is 3. The molecule has 10 nitrogen and oxygen atoms in total. The van der Waals surface area contributed by atoms with Gasteiger partial charge in [-0.25, -0.2) is 9.80 Å². The van der Waals surface area contributed by atoms with Crippen molar-refractivity contribution >= 4 is 23.5 Å². The number of hydrazine groups is 1. The van der Waals surface area contributed by atoms with E-state index in [1.54, 1.807) is 11.1 Å². The number of hydrogen-bond donors (Lipinski definition) is 2. The van der Waals surface area contributed by atoms with Crippen LogP contribution in [-0.2, 0) is 14.3 Å². The lowest BCUT2D eigenvalue weighted by molar-refractivity contribution is -0.146. The molecule has 1 aromatic carbocycles. The number of carbonyl (C=O) groups is 3. The van der Waals surface area contributed by atoms with E-state index in [0.717, 1.165) is 24.1 Å². The summed E-state index contributed by atoms with van der Waals surface area (Å²) in [7, 11) is 1.41. The van der Waals surface area contributed by atoms with Gasteiger partial charge in [0.15, 0.2) is 5.78 Å². The predicted octanol–water partition coefficient (Wildman–Crippen LogP) is 2.99. The monoisotopic (exact) mass is 453 g/mol. The standard InChI is InChI=1S/C23H27N5O5/c1-32-22(30)14-7-5-13(6-8-14)19-18-20(26-25-19)15-3-2-4-16(17(15)21(18)29)24-23(31)27-28-9-11-33-12-10-28/h2-4,13-14,20H,5-12H2,1H3,(H2,24,27,31). The van der Waals surface area contributed by atoms with Gasteiger partial charge in [-0.05, 0) is 37.3 Å². The number of fused-ring (bicyclic) bond motifs is 3. The fraction of sp³-hybridized carbons (Fsp3) is 0.522. The Kier molecular flexibility index (Phi) is 5.94. The fourth-order valence-electron chi connectivity index (χ4n) is 5.16. The van der Waals surface area contributed by atoms with Gasteiger partial charge in [-0.3, -0.25) is 15.0 Å². The van der Waals surface area contributed by atoms with E-state index >= 15 is 0 Å². The summed E-state index contributed by atoms with van der Waals surface area (Å²) in [5.74, 6) is -0.308. The zero-order chi connectivity index (χ0) is 22.9. The Hall–Kier alpha value is -3.11. The molecule has 2 heterocycles. The van der Waals surface area contributed by atoms with Crippen LogP contribution in [0.15, 0.2) is 39.7 Å². The highest BCUT2D eigenvalue weighted by Gasteiger charge is 2.44. The van der Waals surface area contributed by atoms with Gasteiger partial charge in [-0.2, -0.15) is 10.2 Å². The molecule has 0 aromatic heterocycles.